The molecule has 26 heavy (non-hydrogen) atoms. The highest BCUT2D eigenvalue weighted by Crippen LogP contribution is 2.27. The van der Waals surface area contributed by atoms with Gasteiger partial charge in [-0.05, 0) is 57.6 Å². The first-order valence-corrected chi connectivity index (χ1v) is 10.7. The molecule has 6 nitrogen and oxygen atoms in total. The lowest BCUT2D eigenvalue weighted by Crippen LogP contribution is -2.51. The molecule has 146 valence electrons. The summed E-state index contributed by atoms with van der Waals surface area (Å²) in [5, 5.41) is 0. The minimum Gasteiger partial charge on any atom is -0.497 e. The molecule has 0 spiro atoms. The number of ether oxygens (including phenoxy) is 1. The second kappa shape index (κ2) is 8.97. The molecule has 1 aliphatic rings. The molecule has 1 aromatic heterocycles. The van der Waals surface area contributed by atoms with Gasteiger partial charge in [0, 0.05) is 24.5 Å². The molecule has 0 radical (unpaired) electrons. The van der Waals surface area contributed by atoms with Gasteiger partial charge in [-0.15, -0.1) is 0 Å². The molecule has 0 amide bonds. The molecule has 0 aromatic carbocycles. The Balaban J connectivity index is 1.87. The first-order valence-electron chi connectivity index (χ1n) is 9.26. The van der Waals surface area contributed by atoms with Crippen LogP contribution in [0, 0.1) is 0 Å². The second-order valence-electron chi connectivity index (χ2n) is 7.39. The van der Waals surface area contributed by atoms with Crippen molar-refractivity contribution >= 4 is 10.2 Å². The Morgan fingerprint density at radius 1 is 1.50 bits per heavy atom. The van der Waals surface area contributed by atoms with Crippen LogP contribution in [0.25, 0.3) is 0 Å². The fraction of sp³-hybridized carbons (Fsp3) is 0.632. The first-order chi connectivity index (χ1) is 12.2. The third kappa shape index (κ3) is 5.79. The maximum atomic E-state index is 12.7. The highest BCUT2D eigenvalue weighted by atomic mass is 32.2. The van der Waals surface area contributed by atoms with Gasteiger partial charge in [-0.2, -0.15) is 17.4 Å². The molecule has 2 rings (SSSR count). The van der Waals surface area contributed by atoms with Crippen LogP contribution in [0.3, 0.4) is 0 Å². The van der Waals surface area contributed by atoms with Crippen LogP contribution in [0.15, 0.2) is 36.9 Å². The van der Waals surface area contributed by atoms with E-state index < -0.39 is 15.7 Å². The van der Waals surface area contributed by atoms with Crippen LogP contribution in [-0.2, 0) is 21.4 Å². The molecule has 7 heteroatoms. The third-order valence-electron chi connectivity index (χ3n) is 4.79. The van der Waals surface area contributed by atoms with E-state index in [1.54, 1.807) is 6.20 Å². The van der Waals surface area contributed by atoms with Crippen LogP contribution in [0.1, 0.15) is 52.0 Å². The van der Waals surface area contributed by atoms with E-state index in [-0.39, 0.29) is 6.04 Å². The van der Waals surface area contributed by atoms with E-state index in [0.717, 1.165) is 37.7 Å². The fourth-order valence-electron chi connectivity index (χ4n) is 2.95. The molecule has 1 aliphatic heterocycles. The normalized spacial score (nSPS) is 18.8. The molecule has 0 saturated carbocycles. The Labute approximate surface area is 157 Å². The second-order valence-corrected chi connectivity index (χ2v) is 9.02. The SMILES string of the molecule is C=C(OCCCc1cccnc1)[C@@H]1CCCN1S(=O)(=O)NC(C)(C)CC. The minimum absolute atomic E-state index is 0.293. The summed E-state index contributed by atoms with van der Waals surface area (Å²) in [5.74, 6) is 0.536. The van der Waals surface area contributed by atoms with Crippen molar-refractivity contribution in [1.29, 1.82) is 0 Å². The number of hydrogen-bond acceptors (Lipinski definition) is 4. The fourth-order valence-corrected chi connectivity index (χ4v) is 4.84. The number of aromatic nitrogens is 1. The average Bonchev–Trinajstić information content (AvgIpc) is 3.09. The predicted octanol–water partition coefficient (Wildman–Crippen LogP) is 3.03. The molecule has 0 unspecified atom stereocenters. The third-order valence-corrected chi connectivity index (χ3v) is 6.66. The molecule has 1 saturated heterocycles. The van der Waals surface area contributed by atoms with Gasteiger partial charge in [0.15, 0.2) is 0 Å². The molecule has 1 N–H and O–H groups in total. The summed E-state index contributed by atoms with van der Waals surface area (Å²) < 4.78 is 35.6. The largest absolute Gasteiger partial charge is 0.497 e. The van der Waals surface area contributed by atoms with Crippen molar-refractivity contribution in [2.75, 3.05) is 13.2 Å². The average molecular weight is 382 g/mol. The lowest BCUT2D eigenvalue weighted by atomic mass is 10.0. The van der Waals surface area contributed by atoms with E-state index in [1.165, 1.54) is 4.31 Å². The molecular weight excluding hydrogens is 350 g/mol. The Hall–Kier alpha value is -1.44. The van der Waals surface area contributed by atoms with Crippen molar-refractivity contribution in [3.05, 3.63) is 42.4 Å². The van der Waals surface area contributed by atoms with Crippen LogP contribution in [0.4, 0.5) is 0 Å². The maximum Gasteiger partial charge on any atom is 0.280 e. The molecule has 1 aromatic rings. The molecule has 1 fully saturated rings. The first kappa shape index (κ1) is 20.9. The summed E-state index contributed by atoms with van der Waals surface area (Å²) in [6.07, 6.45) is 7.60. The summed E-state index contributed by atoms with van der Waals surface area (Å²) in [6.45, 7) is 10.8. The molecule has 0 bridgehead atoms. The van der Waals surface area contributed by atoms with E-state index in [0.29, 0.717) is 18.9 Å². The lowest BCUT2D eigenvalue weighted by molar-refractivity contribution is 0.170. The van der Waals surface area contributed by atoms with E-state index in [9.17, 15) is 8.42 Å². The zero-order valence-electron chi connectivity index (χ0n) is 16.1. The highest BCUT2D eigenvalue weighted by Gasteiger charge is 2.38. The number of nitrogens with one attached hydrogen (secondary N) is 1. The monoisotopic (exact) mass is 381 g/mol. The Morgan fingerprint density at radius 3 is 2.92 bits per heavy atom. The molecule has 0 aliphatic carbocycles. The predicted molar refractivity (Wildman–Crippen MR) is 104 cm³/mol. The van der Waals surface area contributed by atoms with Gasteiger partial charge in [-0.3, -0.25) is 4.98 Å². The smallest absolute Gasteiger partial charge is 0.280 e. The van der Waals surface area contributed by atoms with Crippen molar-refractivity contribution in [1.82, 2.24) is 14.0 Å². The van der Waals surface area contributed by atoms with E-state index in [1.807, 2.05) is 39.1 Å². The van der Waals surface area contributed by atoms with Crippen molar-refractivity contribution < 1.29 is 13.2 Å². The molecular formula is C19H31N3O3S. The van der Waals surface area contributed by atoms with E-state index >= 15 is 0 Å². The zero-order valence-corrected chi connectivity index (χ0v) is 16.9. The van der Waals surface area contributed by atoms with Gasteiger partial charge in [0.05, 0.1) is 12.6 Å². The van der Waals surface area contributed by atoms with E-state index in [4.69, 9.17) is 4.74 Å². The Kier molecular flexibility index (Phi) is 7.20. The van der Waals surface area contributed by atoms with Gasteiger partial charge in [0.1, 0.15) is 5.76 Å². The summed E-state index contributed by atoms with van der Waals surface area (Å²) in [6, 6.07) is 3.66. The molecule has 1 atom stereocenters. The van der Waals surface area contributed by atoms with Crippen LogP contribution >= 0.6 is 0 Å². The number of rotatable bonds is 10. The summed E-state index contributed by atoms with van der Waals surface area (Å²) >= 11 is 0. The number of nitrogens with zero attached hydrogens (tertiary/aromatic N) is 2. The van der Waals surface area contributed by atoms with Crippen molar-refractivity contribution in [3.63, 3.8) is 0 Å². The van der Waals surface area contributed by atoms with Crippen LogP contribution in [0.2, 0.25) is 0 Å². The van der Waals surface area contributed by atoms with Gasteiger partial charge in [-0.25, -0.2) is 0 Å². The minimum atomic E-state index is -3.56. The van der Waals surface area contributed by atoms with Crippen molar-refractivity contribution in [2.45, 2.75) is 64.5 Å². The maximum absolute atomic E-state index is 12.7. The Morgan fingerprint density at radius 2 is 2.27 bits per heavy atom. The standard InChI is InChI=1S/C19H31N3O3S/c1-5-19(3,4)21-26(23,24)22-13-7-11-18(22)16(2)25-14-8-10-17-9-6-12-20-15-17/h6,9,12,15,18,21H,2,5,7-8,10-11,13-14H2,1,3-4H3/t18-/m0/s1. The van der Waals surface area contributed by atoms with Gasteiger partial charge in [0.2, 0.25) is 0 Å². The molecule has 2 heterocycles. The summed E-state index contributed by atoms with van der Waals surface area (Å²) in [7, 11) is -3.56. The highest BCUT2D eigenvalue weighted by molar-refractivity contribution is 7.87. The van der Waals surface area contributed by atoms with Crippen LogP contribution in [-0.4, -0.2) is 42.4 Å². The summed E-state index contributed by atoms with van der Waals surface area (Å²) in [4.78, 5) is 4.10. The van der Waals surface area contributed by atoms with Gasteiger partial charge < -0.3 is 4.74 Å². The van der Waals surface area contributed by atoms with Gasteiger partial charge >= 0.3 is 0 Å². The van der Waals surface area contributed by atoms with E-state index in [2.05, 4.69) is 16.3 Å². The quantitative estimate of drug-likeness (QED) is 0.499. The number of aryl methyl sites for hydroxylation is 1. The zero-order chi connectivity index (χ0) is 19.2. The lowest BCUT2D eigenvalue weighted by Gasteiger charge is -2.31. The number of hydrogen-bond donors (Lipinski definition) is 1. The Bertz CT molecular complexity index is 689. The van der Waals surface area contributed by atoms with Gasteiger partial charge in [-0.1, -0.05) is 19.6 Å². The van der Waals surface area contributed by atoms with Crippen molar-refractivity contribution in [3.8, 4) is 0 Å². The summed E-state index contributed by atoms with van der Waals surface area (Å²) in [5.41, 5.74) is 0.690. The van der Waals surface area contributed by atoms with Crippen LogP contribution in [0.5, 0.6) is 0 Å². The van der Waals surface area contributed by atoms with Crippen LogP contribution < -0.4 is 4.72 Å². The number of pyridine rings is 1. The van der Waals surface area contributed by atoms with Crippen molar-refractivity contribution in [2.24, 2.45) is 0 Å². The van der Waals surface area contributed by atoms with Gasteiger partial charge in [0.25, 0.3) is 10.2 Å². The topological polar surface area (TPSA) is 71.5 Å².